The highest BCUT2D eigenvalue weighted by Gasteiger charge is 2.17. The summed E-state index contributed by atoms with van der Waals surface area (Å²) in [5, 5.41) is 0. The Labute approximate surface area is 94.1 Å². The number of aldehydes is 1. The number of hydrogen-bond donors (Lipinski definition) is 0. The monoisotopic (exact) mass is 221 g/mol. The predicted octanol–water partition coefficient (Wildman–Crippen LogP) is 0.708. The van der Waals surface area contributed by atoms with E-state index >= 15 is 0 Å². The number of imidazole rings is 1. The second-order valence-electron chi connectivity index (χ2n) is 3.97. The molecule has 0 N–H and O–H groups in total. The lowest BCUT2D eigenvalue weighted by Gasteiger charge is -2.26. The molecule has 86 valence electrons. The fourth-order valence-corrected chi connectivity index (χ4v) is 1.96. The van der Waals surface area contributed by atoms with Gasteiger partial charge >= 0.3 is 0 Å². The number of aromatic nitrogens is 2. The first kappa shape index (κ1) is 10.9. The quantitative estimate of drug-likeness (QED) is 0.706. The van der Waals surface area contributed by atoms with Crippen molar-refractivity contribution in [3.63, 3.8) is 0 Å². The molecule has 0 unspecified atom stereocenters. The molecule has 1 saturated heterocycles. The van der Waals surface area contributed by atoms with Crippen molar-refractivity contribution in [2.75, 3.05) is 13.1 Å². The van der Waals surface area contributed by atoms with Crippen molar-refractivity contribution in [2.45, 2.75) is 25.8 Å². The number of hydrogen-bond acceptors (Lipinski definition) is 3. The number of carbonyl (C=O) groups is 2. The van der Waals surface area contributed by atoms with E-state index in [0.29, 0.717) is 12.1 Å². The Hall–Kier alpha value is -1.65. The van der Waals surface area contributed by atoms with Crippen molar-refractivity contribution >= 4 is 12.2 Å². The summed E-state index contributed by atoms with van der Waals surface area (Å²) in [5.74, 6) is 0.381. The number of amides is 1. The van der Waals surface area contributed by atoms with Crippen LogP contribution in [0.15, 0.2) is 12.4 Å². The molecule has 0 bridgehead atoms. The van der Waals surface area contributed by atoms with Crippen LogP contribution in [0.4, 0.5) is 0 Å². The van der Waals surface area contributed by atoms with Gasteiger partial charge in [-0.3, -0.25) is 9.59 Å². The summed E-state index contributed by atoms with van der Waals surface area (Å²) in [5.41, 5.74) is 0. The zero-order valence-corrected chi connectivity index (χ0v) is 9.13. The average Bonchev–Trinajstić information content (AvgIpc) is 2.77. The minimum Gasteiger partial charge on any atom is -0.341 e. The van der Waals surface area contributed by atoms with Gasteiger partial charge in [0.2, 0.25) is 5.91 Å². The SMILES string of the molecule is O=Cc1nccn1CC(=O)N1CCCCC1. The van der Waals surface area contributed by atoms with Gasteiger partial charge < -0.3 is 9.47 Å². The van der Waals surface area contributed by atoms with Crippen molar-refractivity contribution < 1.29 is 9.59 Å². The topological polar surface area (TPSA) is 55.2 Å². The van der Waals surface area contributed by atoms with Crippen LogP contribution < -0.4 is 0 Å². The number of piperidine rings is 1. The Morgan fingerprint density at radius 2 is 2.12 bits per heavy atom. The van der Waals surface area contributed by atoms with Crippen LogP contribution in [-0.4, -0.2) is 39.7 Å². The first-order valence-corrected chi connectivity index (χ1v) is 5.55. The molecule has 0 saturated carbocycles. The molecule has 0 atom stereocenters. The zero-order valence-electron chi connectivity index (χ0n) is 9.13. The molecule has 1 amide bonds. The molecule has 1 aromatic heterocycles. The third-order valence-electron chi connectivity index (χ3n) is 2.87. The minimum absolute atomic E-state index is 0.0702. The molecule has 2 rings (SSSR count). The highest BCUT2D eigenvalue weighted by Crippen LogP contribution is 2.09. The van der Waals surface area contributed by atoms with Crippen molar-refractivity contribution in [3.8, 4) is 0 Å². The summed E-state index contributed by atoms with van der Waals surface area (Å²) in [4.78, 5) is 28.2. The van der Waals surface area contributed by atoms with Crippen LogP contribution in [0, 0.1) is 0 Å². The highest BCUT2D eigenvalue weighted by atomic mass is 16.2. The number of carbonyl (C=O) groups excluding carboxylic acids is 2. The lowest BCUT2D eigenvalue weighted by Crippen LogP contribution is -2.37. The maximum atomic E-state index is 11.9. The number of nitrogens with zero attached hydrogens (tertiary/aromatic N) is 3. The van der Waals surface area contributed by atoms with Gasteiger partial charge in [-0.15, -0.1) is 0 Å². The maximum absolute atomic E-state index is 11.9. The van der Waals surface area contributed by atoms with E-state index in [-0.39, 0.29) is 12.5 Å². The molecule has 0 radical (unpaired) electrons. The van der Waals surface area contributed by atoms with Gasteiger partial charge in [0.25, 0.3) is 0 Å². The highest BCUT2D eigenvalue weighted by molar-refractivity contribution is 5.77. The Kier molecular flexibility index (Phi) is 3.34. The van der Waals surface area contributed by atoms with Crippen LogP contribution in [0.2, 0.25) is 0 Å². The number of rotatable bonds is 3. The average molecular weight is 221 g/mol. The summed E-state index contributed by atoms with van der Waals surface area (Å²) in [7, 11) is 0. The minimum atomic E-state index is 0.0702. The molecular weight excluding hydrogens is 206 g/mol. The summed E-state index contributed by atoms with van der Waals surface area (Å²) in [6.07, 6.45) is 7.23. The predicted molar refractivity (Wildman–Crippen MR) is 58.0 cm³/mol. The van der Waals surface area contributed by atoms with Gasteiger partial charge in [0.1, 0.15) is 6.54 Å². The van der Waals surface area contributed by atoms with E-state index in [2.05, 4.69) is 4.98 Å². The second-order valence-corrected chi connectivity index (χ2v) is 3.97. The zero-order chi connectivity index (χ0) is 11.4. The van der Waals surface area contributed by atoms with Crippen LogP contribution >= 0.6 is 0 Å². The molecular formula is C11H15N3O2. The lowest BCUT2D eigenvalue weighted by atomic mass is 10.1. The van der Waals surface area contributed by atoms with E-state index in [1.807, 2.05) is 4.90 Å². The van der Waals surface area contributed by atoms with Gasteiger partial charge in [-0.25, -0.2) is 4.98 Å². The van der Waals surface area contributed by atoms with Gasteiger partial charge in [-0.05, 0) is 19.3 Å². The molecule has 2 heterocycles. The third kappa shape index (κ3) is 2.29. The summed E-state index contributed by atoms with van der Waals surface area (Å²) in [6.45, 7) is 1.89. The first-order valence-electron chi connectivity index (χ1n) is 5.55. The van der Waals surface area contributed by atoms with Crippen LogP contribution in [0.25, 0.3) is 0 Å². The largest absolute Gasteiger partial charge is 0.341 e. The van der Waals surface area contributed by atoms with E-state index in [0.717, 1.165) is 25.9 Å². The van der Waals surface area contributed by atoms with E-state index in [1.54, 1.807) is 10.8 Å². The van der Waals surface area contributed by atoms with Crippen molar-refractivity contribution in [1.29, 1.82) is 0 Å². The van der Waals surface area contributed by atoms with E-state index < -0.39 is 0 Å². The maximum Gasteiger partial charge on any atom is 0.242 e. The Morgan fingerprint density at radius 3 is 2.81 bits per heavy atom. The van der Waals surface area contributed by atoms with Crippen molar-refractivity contribution in [3.05, 3.63) is 18.2 Å². The van der Waals surface area contributed by atoms with Gasteiger partial charge in [-0.2, -0.15) is 0 Å². The summed E-state index contributed by atoms with van der Waals surface area (Å²) < 4.78 is 1.59. The molecule has 1 aliphatic heterocycles. The summed E-state index contributed by atoms with van der Waals surface area (Å²) >= 11 is 0. The lowest BCUT2D eigenvalue weighted by molar-refractivity contribution is -0.132. The van der Waals surface area contributed by atoms with Gasteiger partial charge in [0, 0.05) is 25.5 Å². The van der Waals surface area contributed by atoms with Crippen LogP contribution in [0.5, 0.6) is 0 Å². The fraction of sp³-hybridized carbons (Fsp3) is 0.545. The van der Waals surface area contributed by atoms with Gasteiger partial charge in [0.05, 0.1) is 0 Å². The van der Waals surface area contributed by atoms with E-state index in [4.69, 9.17) is 0 Å². The van der Waals surface area contributed by atoms with Crippen molar-refractivity contribution in [2.24, 2.45) is 0 Å². The normalized spacial score (nSPS) is 16.1. The molecule has 0 aliphatic carbocycles. The smallest absolute Gasteiger partial charge is 0.242 e. The van der Waals surface area contributed by atoms with Crippen LogP contribution in [0.3, 0.4) is 0 Å². The first-order chi connectivity index (χ1) is 7.81. The fourth-order valence-electron chi connectivity index (χ4n) is 1.96. The Balaban J connectivity index is 1.98. The van der Waals surface area contributed by atoms with Gasteiger partial charge in [-0.1, -0.05) is 0 Å². The molecule has 5 nitrogen and oxygen atoms in total. The third-order valence-corrected chi connectivity index (χ3v) is 2.87. The second kappa shape index (κ2) is 4.92. The van der Waals surface area contributed by atoms with Crippen LogP contribution in [-0.2, 0) is 11.3 Å². The summed E-state index contributed by atoms with van der Waals surface area (Å²) in [6, 6.07) is 0. The van der Waals surface area contributed by atoms with E-state index in [1.165, 1.54) is 12.6 Å². The molecule has 1 fully saturated rings. The van der Waals surface area contributed by atoms with Crippen molar-refractivity contribution in [1.82, 2.24) is 14.5 Å². The Morgan fingerprint density at radius 1 is 1.38 bits per heavy atom. The Bertz CT molecular complexity index is 380. The molecule has 1 aliphatic rings. The molecule has 16 heavy (non-hydrogen) atoms. The molecule has 5 heteroatoms. The number of likely N-dealkylation sites (tertiary alicyclic amines) is 1. The molecule has 1 aromatic rings. The van der Waals surface area contributed by atoms with Gasteiger partial charge in [0.15, 0.2) is 12.1 Å². The standard InChI is InChI=1S/C11H15N3O2/c15-9-10-12-4-7-14(10)8-11(16)13-5-2-1-3-6-13/h4,7,9H,1-3,5-6,8H2. The molecule has 0 spiro atoms. The van der Waals surface area contributed by atoms with E-state index in [9.17, 15) is 9.59 Å². The van der Waals surface area contributed by atoms with Crippen LogP contribution in [0.1, 0.15) is 29.9 Å². The molecule has 0 aromatic carbocycles.